The monoisotopic (exact) mass is 351 g/mol. The first-order valence-electron chi connectivity index (χ1n) is 6.35. The number of halogens is 1. The van der Waals surface area contributed by atoms with E-state index in [4.69, 9.17) is 4.74 Å². The number of amides is 1. The molecule has 104 valence electrons. The zero-order valence-electron chi connectivity index (χ0n) is 10.9. The molecule has 0 bridgehead atoms. The number of alkyl halides is 1. The Morgan fingerprint density at radius 2 is 2.20 bits per heavy atom. The summed E-state index contributed by atoms with van der Waals surface area (Å²) in [5.74, 6) is 0.549. The van der Waals surface area contributed by atoms with Crippen molar-refractivity contribution in [3.05, 3.63) is 51.7 Å². The summed E-state index contributed by atoms with van der Waals surface area (Å²) in [6.45, 7) is 0. The fourth-order valence-electron chi connectivity index (χ4n) is 2.54. The van der Waals surface area contributed by atoms with Crippen molar-refractivity contribution in [3.8, 4) is 5.75 Å². The van der Waals surface area contributed by atoms with Crippen LogP contribution in [0.4, 0.5) is 0 Å². The molecule has 0 spiro atoms. The largest absolute Gasteiger partial charge is 0.495 e. The molecule has 2 aromatic rings. The van der Waals surface area contributed by atoms with Gasteiger partial charge in [0.15, 0.2) is 0 Å². The molecule has 1 aliphatic carbocycles. The molecule has 2 atom stereocenters. The average molecular weight is 352 g/mol. The highest BCUT2D eigenvalue weighted by Gasteiger charge is 2.32. The predicted octanol–water partition coefficient (Wildman–Crippen LogP) is 3.55. The van der Waals surface area contributed by atoms with Crippen molar-refractivity contribution in [2.24, 2.45) is 0 Å². The molecule has 1 aliphatic rings. The van der Waals surface area contributed by atoms with Gasteiger partial charge in [0.05, 0.1) is 13.2 Å². The molecular formula is C15H14BrNO2S. The Morgan fingerprint density at radius 3 is 3.00 bits per heavy atom. The Hall–Kier alpha value is -1.33. The van der Waals surface area contributed by atoms with Crippen LogP contribution in [0.5, 0.6) is 5.75 Å². The molecular weight excluding hydrogens is 338 g/mol. The molecule has 3 nitrogen and oxygen atoms in total. The molecule has 1 N–H and O–H groups in total. The molecule has 1 amide bonds. The number of hydrogen-bond donors (Lipinski definition) is 1. The first-order chi connectivity index (χ1) is 9.70. The van der Waals surface area contributed by atoms with Crippen molar-refractivity contribution in [2.75, 3.05) is 7.11 Å². The standard InChI is InChI=1S/C15H14BrNO2S/c1-19-12-6-7-20-14(12)15(18)17-13-10-5-3-2-4-9(10)8-11(13)16/h2-7,11,13H,8H2,1H3,(H,17,18). The van der Waals surface area contributed by atoms with E-state index in [0.29, 0.717) is 10.6 Å². The molecule has 1 aromatic heterocycles. The van der Waals surface area contributed by atoms with Gasteiger partial charge in [-0.25, -0.2) is 0 Å². The second-order valence-electron chi connectivity index (χ2n) is 4.69. The number of benzene rings is 1. The highest BCUT2D eigenvalue weighted by atomic mass is 79.9. The summed E-state index contributed by atoms with van der Waals surface area (Å²) in [5, 5.41) is 4.97. The fraction of sp³-hybridized carbons (Fsp3) is 0.267. The van der Waals surface area contributed by atoms with Gasteiger partial charge in [0.25, 0.3) is 5.91 Å². The molecule has 5 heteroatoms. The highest BCUT2D eigenvalue weighted by molar-refractivity contribution is 9.09. The van der Waals surface area contributed by atoms with Crippen molar-refractivity contribution in [2.45, 2.75) is 17.3 Å². The third kappa shape index (κ3) is 2.36. The lowest BCUT2D eigenvalue weighted by Crippen LogP contribution is -2.31. The van der Waals surface area contributed by atoms with E-state index in [0.717, 1.165) is 6.42 Å². The highest BCUT2D eigenvalue weighted by Crippen LogP contribution is 2.36. The van der Waals surface area contributed by atoms with Gasteiger partial charge in [-0.15, -0.1) is 11.3 Å². The summed E-state index contributed by atoms with van der Waals surface area (Å²) in [6.07, 6.45) is 0.933. The van der Waals surface area contributed by atoms with Crippen molar-refractivity contribution < 1.29 is 9.53 Å². The smallest absolute Gasteiger partial charge is 0.265 e. The van der Waals surface area contributed by atoms with Crippen LogP contribution in [0, 0.1) is 0 Å². The zero-order chi connectivity index (χ0) is 14.1. The Bertz CT molecular complexity index is 640. The maximum Gasteiger partial charge on any atom is 0.265 e. The minimum Gasteiger partial charge on any atom is -0.495 e. The van der Waals surface area contributed by atoms with Gasteiger partial charge in [-0.2, -0.15) is 0 Å². The molecule has 0 saturated heterocycles. The molecule has 3 rings (SSSR count). The van der Waals surface area contributed by atoms with Crippen LogP contribution in [0.3, 0.4) is 0 Å². The summed E-state index contributed by atoms with van der Waals surface area (Å²) in [5.41, 5.74) is 2.48. The number of rotatable bonds is 3. The Kier molecular flexibility index (Phi) is 3.81. The van der Waals surface area contributed by atoms with E-state index < -0.39 is 0 Å². The number of carbonyl (C=O) groups is 1. The van der Waals surface area contributed by atoms with Gasteiger partial charge in [0.2, 0.25) is 0 Å². The number of hydrogen-bond acceptors (Lipinski definition) is 3. The maximum atomic E-state index is 12.4. The van der Waals surface area contributed by atoms with Crippen LogP contribution in [0.1, 0.15) is 26.8 Å². The van der Waals surface area contributed by atoms with Crippen LogP contribution in [-0.2, 0) is 6.42 Å². The van der Waals surface area contributed by atoms with Crippen LogP contribution < -0.4 is 10.1 Å². The summed E-state index contributed by atoms with van der Waals surface area (Å²) < 4.78 is 5.21. The number of thiophene rings is 1. The number of methoxy groups -OCH3 is 1. The third-order valence-corrected chi connectivity index (χ3v) is 5.26. The second-order valence-corrected chi connectivity index (χ2v) is 6.78. The normalized spacial score (nSPS) is 20.5. The Labute approximate surface area is 130 Å². The third-order valence-electron chi connectivity index (χ3n) is 3.51. The number of nitrogens with one attached hydrogen (secondary N) is 1. The number of ether oxygens (including phenoxy) is 1. The van der Waals surface area contributed by atoms with Gasteiger partial charge in [0, 0.05) is 4.83 Å². The number of fused-ring (bicyclic) bond motifs is 1. The van der Waals surface area contributed by atoms with E-state index >= 15 is 0 Å². The SMILES string of the molecule is COc1ccsc1C(=O)NC1c2ccccc2CC1Br. The van der Waals surface area contributed by atoms with Gasteiger partial charge < -0.3 is 10.1 Å². The van der Waals surface area contributed by atoms with Gasteiger partial charge in [0.1, 0.15) is 10.6 Å². The van der Waals surface area contributed by atoms with E-state index in [2.05, 4.69) is 33.4 Å². The van der Waals surface area contributed by atoms with E-state index in [-0.39, 0.29) is 16.8 Å². The minimum absolute atomic E-state index is 0.00510. The van der Waals surface area contributed by atoms with Gasteiger partial charge in [-0.3, -0.25) is 4.79 Å². The minimum atomic E-state index is -0.0806. The molecule has 1 aromatic carbocycles. The number of carbonyl (C=O) groups excluding carboxylic acids is 1. The summed E-state index contributed by atoms with van der Waals surface area (Å²) in [4.78, 5) is 13.2. The quantitative estimate of drug-likeness (QED) is 0.858. The van der Waals surface area contributed by atoms with E-state index in [1.807, 2.05) is 23.6 Å². The van der Waals surface area contributed by atoms with Crippen molar-refractivity contribution in [3.63, 3.8) is 0 Å². The Morgan fingerprint density at radius 1 is 1.40 bits per heavy atom. The van der Waals surface area contributed by atoms with Gasteiger partial charge >= 0.3 is 0 Å². The van der Waals surface area contributed by atoms with Crippen LogP contribution in [0.25, 0.3) is 0 Å². The van der Waals surface area contributed by atoms with Crippen LogP contribution >= 0.6 is 27.3 Å². The molecule has 0 saturated carbocycles. The average Bonchev–Trinajstić information content (AvgIpc) is 3.04. The molecule has 0 fully saturated rings. The first kappa shape index (κ1) is 13.6. The topological polar surface area (TPSA) is 38.3 Å². The summed E-state index contributed by atoms with van der Waals surface area (Å²) in [7, 11) is 1.58. The fourth-order valence-corrected chi connectivity index (χ4v) is 4.07. The molecule has 20 heavy (non-hydrogen) atoms. The molecule has 2 unspecified atom stereocenters. The van der Waals surface area contributed by atoms with E-state index in [1.54, 1.807) is 7.11 Å². The first-order valence-corrected chi connectivity index (χ1v) is 8.14. The lowest BCUT2D eigenvalue weighted by molar-refractivity contribution is 0.0939. The van der Waals surface area contributed by atoms with Crippen molar-refractivity contribution in [1.29, 1.82) is 0 Å². The zero-order valence-corrected chi connectivity index (χ0v) is 13.3. The van der Waals surface area contributed by atoms with E-state index in [9.17, 15) is 4.79 Å². The van der Waals surface area contributed by atoms with Crippen LogP contribution in [0.2, 0.25) is 0 Å². The van der Waals surface area contributed by atoms with Crippen LogP contribution in [0.15, 0.2) is 35.7 Å². The molecule has 0 radical (unpaired) electrons. The lowest BCUT2D eigenvalue weighted by Gasteiger charge is -2.17. The summed E-state index contributed by atoms with van der Waals surface area (Å²) >= 11 is 5.07. The lowest BCUT2D eigenvalue weighted by atomic mass is 10.1. The predicted molar refractivity (Wildman–Crippen MR) is 83.9 cm³/mol. The van der Waals surface area contributed by atoms with E-state index in [1.165, 1.54) is 22.5 Å². The van der Waals surface area contributed by atoms with Gasteiger partial charge in [-0.05, 0) is 29.0 Å². The van der Waals surface area contributed by atoms with Gasteiger partial charge in [-0.1, -0.05) is 40.2 Å². The molecule has 1 heterocycles. The maximum absolute atomic E-state index is 12.4. The summed E-state index contributed by atoms with van der Waals surface area (Å²) in [6, 6.07) is 10.0. The Balaban J connectivity index is 1.83. The second kappa shape index (κ2) is 5.58. The van der Waals surface area contributed by atoms with Crippen molar-refractivity contribution >= 4 is 33.2 Å². The molecule has 0 aliphatic heterocycles. The van der Waals surface area contributed by atoms with Crippen molar-refractivity contribution in [1.82, 2.24) is 5.32 Å². The van der Waals surface area contributed by atoms with Crippen LogP contribution in [-0.4, -0.2) is 17.8 Å².